The molecule has 0 spiro atoms. The number of aliphatic hydroxyl groups is 1. The topological polar surface area (TPSA) is 104 Å². The summed E-state index contributed by atoms with van der Waals surface area (Å²) < 4.78 is 30.5. The van der Waals surface area contributed by atoms with E-state index in [1.807, 2.05) is 0 Å². The first kappa shape index (κ1) is 25.4. The Kier molecular flexibility index (Phi) is 7.26. The highest BCUT2D eigenvalue weighted by Gasteiger charge is 2.62. The molecule has 3 N–H and O–H groups in total. The minimum atomic E-state index is -4.05. The van der Waals surface area contributed by atoms with Crippen molar-refractivity contribution in [3.05, 3.63) is 0 Å². The van der Waals surface area contributed by atoms with Crippen molar-refractivity contribution in [2.24, 2.45) is 46.3 Å². The van der Waals surface area contributed by atoms with Crippen molar-refractivity contribution in [1.82, 2.24) is 5.32 Å². The molecule has 0 aromatic carbocycles. The minimum absolute atomic E-state index is 0.0457. The lowest BCUT2D eigenvalue weighted by Crippen LogP contribution is -2.57. The summed E-state index contributed by atoms with van der Waals surface area (Å²) in [6.45, 7) is 7.23. The number of hydrogen-bond acceptors (Lipinski definition) is 4. The standard InChI is InChI=1S/C26H45NO5S/c1-17(7-10-23(29)27-14-15-33(30,31)32)19-8-9-20-24-21(11-13-26(19,20)3)25(2)12-5-4-6-18(25)16-22(24)28/h17-22,24,28H,4-16H2,1-3H3,(H,27,29)(H,30,31,32)/t17-,18?,19-,20+,21+,22+,24+,25+,26-/m1/s1. The number of hydrogen-bond donors (Lipinski definition) is 3. The van der Waals surface area contributed by atoms with E-state index >= 15 is 0 Å². The van der Waals surface area contributed by atoms with Crippen molar-refractivity contribution in [1.29, 1.82) is 0 Å². The summed E-state index contributed by atoms with van der Waals surface area (Å²) in [5.41, 5.74) is 0.647. The Morgan fingerprint density at radius 1 is 1.06 bits per heavy atom. The molecule has 1 amide bonds. The van der Waals surface area contributed by atoms with Crippen LogP contribution in [-0.4, -0.2) is 42.4 Å². The van der Waals surface area contributed by atoms with E-state index in [9.17, 15) is 18.3 Å². The average molecular weight is 484 g/mol. The zero-order valence-corrected chi connectivity index (χ0v) is 21.6. The molecule has 6 nitrogen and oxygen atoms in total. The minimum Gasteiger partial charge on any atom is -0.393 e. The van der Waals surface area contributed by atoms with Gasteiger partial charge in [0.05, 0.1) is 11.9 Å². The maximum Gasteiger partial charge on any atom is 0.266 e. The summed E-state index contributed by atoms with van der Waals surface area (Å²) in [6, 6.07) is 0. The van der Waals surface area contributed by atoms with Crippen molar-refractivity contribution < 1.29 is 22.9 Å². The number of carbonyl (C=O) groups is 1. The number of nitrogens with one attached hydrogen (secondary N) is 1. The number of rotatable bonds is 7. The predicted octanol–water partition coefficient (Wildman–Crippen LogP) is 4.43. The zero-order valence-electron chi connectivity index (χ0n) is 20.8. The van der Waals surface area contributed by atoms with Gasteiger partial charge in [0.25, 0.3) is 10.1 Å². The van der Waals surface area contributed by atoms with Crippen LogP contribution >= 0.6 is 0 Å². The summed E-state index contributed by atoms with van der Waals surface area (Å²) >= 11 is 0. The molecule has 7 heteroatoms. The van der Waals surface area contributed by atoms with Crippen LogP contribution in [0.3, 0.4) is 0 Å². The van der Waals surface area contributed by atoms with E-state index in [2.05, 4.69) is 26.1 Å². The molecule has 0 aliphatic heterocycles. The monoisotopic (exact) mass is 483 g/mol. The van der Waals surface area contributed by atoms with Crippen LogP contribution in [0.1, 0.15) is 91.4 Å². The molecule has 0 heterocycles. The molecular formula is C26H45NO5S. The second-order valence-electron chi connectivity index (χ2n) is 12.4. The molecule has 0 radical (unpaired) electrons. The van der Waals surface area contributed by atoms with Gasteiger partial charge in [-0.15, -0.1) is 0 Å². The van der Waals surface area contributed by atoms with Gasteiger partial charge in [-0.05, 0) is 97.7 Å². The Labute approximate surface area is 200 Å². The summed E-state index contributed by atoms with van der Waals surface area (Å²) in [5, 5.41) is 14.0. The molecule has 4 rings (SSSR count). The van der Waals surface area contributed by atoms with Crippen molar-refractivity contribution in [2.75, 3.05) is 12.3 Å². The molecule has 190 valence electrons. The Balaban J connectivity index is 1.38. The van der Waals surface area contributed by atoms with E-state index < -0.39 is 15.9 Å². The third-order valence-electron chi connectivity index (χ3n) is 10.9. The van der Waals surface area contributed by atoms with Crippen molar-refractivity contribution >= 4 is 16.0 Å². The van der Waals surface area contributed by atoms with Crippen molar-refractivity contribution in [3.8, 4) is 0 Å². The lowest BCUT2D eigenvalue weighted by Gasteiger charge is -2.62. The molecule has 0 saturated heterocycles. The van der Waals surface area contributed by atoms with Crippen LogP contribution in [0.15, 0.2) is 0 Å². The zero-order chi connectivity index (χ0) is 24.0. The summed E-state index contributed by atoms with van der Waals surface area (Å²) in [7, 11) is -4.05. The molecule has 4 aliphatic rings. The highest BCUT2D eigenvalue weighted by molar-refractivity contribution is 7.85. The third kappa shape index (κ3) is 4.88. The SMILES string of the molecule is C[C@H](CCC(=O)NCCS(=O)(=O)O)[C@H]1CC[C@H]2[C@@H]3[C@@H](O)CC4CCCC[C@]4(C)[C@H]3CC[C@]12C. The normalized spacial score (nSPS) is 43.8. The number of carbonyl (C=O) groups excluding carboxylic acids is 1. The maximum absolute atomic E-state index is 12.2. The molecule has 33 heavy (non-hydrogen) atoms. The van der Waals surface area contributed by atoms with Crippen molar-refractivity contribution in [2.45, 2.75) is 97.5 Å². The van der Waals surface area contributed by atoms with Gasteiger partial charge in [-0.1, -0.05) is 33.6 Å². The van der Waals surface area contributed by atoms with E-state index in [1.165, 1.54) is 51.4 Å². The van der Waals surface area contributed by atoms with Crippen molar-refractivity contribution in [3.63, 3.8) is 0 Å². The fourth-order valence-electron chi connectivity index (χ4n) is 9.20. The van der Waals surface area contributed by atoms with E-state index in [4.69, 9.17) is 4.55 Å². The van der Waals surface area contributed by atoms with Gasteiger partial charge in [-0.25, -0.2) is 0 Å². The summed E-state index contributed by atoms with van der Waals surface area (Å²) in [6.07, 6.45) is 12.2. The van der Waals surface area contributed by atoms with E-state index in [0.29, 0.717) is 47.3 Å². The first-order chi connectivity index (χ1) is 15.5. The van der Waals surface area contributed by atoms with Crippen LogP contribution in [0, 0.1) is 46.3 Å². The van der Waals surface area contributed by atoms with Crippen LogP contribution in [0.25, 0.3) is 0 Å². The lowest BCUT2D eigenvalue weighted by atomic mass is 9.44. The summed E-state index contributed by atoms with van der Waals surface area (Å²) in [5.74, 6) is 2.77. The van der Waals surface area contributed by atoms with E-state index in [1.54, 1.807) is 0 Å². The van der Waals surface area contributed by atoms with Gasteiger partial charge in [0.1, 0.15) is 0 Å². The van der Waals surface area contributed by atoms with Crippen LogP contribution in [0.2, 0.25) is 0 Å². The van der Waals surface area contributed by atoms with Crippen LogP contribution in [0.4, 0.5) is 0 Å². The van der Waals surface area contributed by atoms with Gasteiger partial charge in [-0.3, -0.25) is 9.35 Å². The third-order valence-corrected chi connectivity index (χ3v) is 11.6. The molecule has 0 aromatic heterocycles. The van der Waals surface area contributed by atoms with Gasteiger partial charge >= 0.3 is 0 Å². The largest absolute Gasteiger partial charge is 0.393 e. The molecule has 4 aliphatic carbocycles. The molecule has 4 saturated carbocycles. The Hall–Kier alpha value is -0.660. The van der Waals surface area contributed by atoms with Crippen LogP contribution in [-0.2, 0) is 14.9 Å². The number of fused-ring (bicyclic) bond motifs is 5. The summed E-state index contributed by atoms with van der Waals surface area (Å²) in [4.78, 5) is 12.2. The smallest absolute Gasteiger partial charge is 0.266 e. The van der Waals surface area contributed by atoms with Gasteiger partial charge in [0, 0.05) is 13.0 Å². The van der Waals surface area contributed by atoms with Gasteiger partial charge in [0.2, 0.25) is 5.91 Å². The fraction of sp³-hybridized carbons (Fsp3) is 0.962. The van der Waals surface area contributed by atoms with Gasteiger partial charge < -0.3 is 10.4 Å². The molecule has 1 unspecified atom stereocenters. The van der Waals surface area contributed by atoms with E-state index in [0.717, 1.165) is 12.8 Å². The molecule has 9 atom stereocenters. The number of aliphatic hydroxyl groups excluding tert-OH is 1. The quantitative estimate of drug-likeness (QED) is 0.465. The first-order valence-corrected chi connectivity index (χ1v) is 15.0. The highest BCUT2D eigenvalue weighted by Crippen LogP contribution is 2.68. The van der Waals surface area contributed by atoms with E-state index in [-0.39, 0.29) is 24.0 Å². The second kappa shape index (κ2) is 9.42. The van der Waals surface area contributed by atoms with Gasteiger partial charge in [-0.2, -0.15) is 8.42 Å². The van der Waals surface area contributed by atoms with Crippen LogP contribution in [0.5, 0.6) is 0 Å². The maximum atomic E-state index is 12.2. The molecular weight excluding hydrogens is 438 g/mol. The second-order valence-corrected chi connectivity index (χ2v) is 14.0. The first-order valence-electron chi connectivity index (χ1n) is 13.4. The average Bonchev–Trinajstić information content (AvgIpc) is 3.08. The lowest BCUT2D eigenvalue weighted by molar-refractivity contribution is -0.164. The van der Waals surface area contributed by atoms with Gasteiger partial charge in [0.15, 0.2) is 0 Å². The molecule has 4 fully saturated rings. The molecule has 0 bridgehead atoms. The predicted molar refractivity (Wildman–Crippen MR) is 129 cm³/mol. The molecule has 0 aromatic rings. The Morgan fingerprint density at radius 2 is 1.79 bits per heavy atom. The Morgan fingerprint density at radius 3 is 2.52 bits per heavy atom. The van der Waals surface area contributed by atoms with Crippen LogP contribution < -0.4 is 5.32 Å². The highest BCUT2D eigenvalue weighted by atomic mass is 32.2. The Bertz CT molecular complexity index is 831. The fourth-order valence-corrected chi connectivity index (χ4v) is 9.56. The number of amides is 1.